The van der Waals surface area contributed by atoms with Gasteiger partial charge in [0.25, 0.3) is 0 Å². The van der Waals surface area contributed by atoms with Gasteiger partial charge in [0, 0.05) is 18.8 Å². The molecule has 1 aliphatic heterocycles. The number of nitrogens with zero attached hydrogens (tertiary/aromatic N) is 3. The summed E-state index contributed by atoms with van der Waals surface area (Å²) in [7, 11) is -4.37. The van der Waals surface area contributed by atoms with Crippen LogP contribution in [-0.2, 0) is 55.1 Å². The highest BCUT2D eigenvalue weighted by Gasteiger charge is 2.51. The Kier molecular flexibility index (Phi) is 10.2. The molecule has 2 aromatic carbocycles. The molecule has 0 aromatic heterocycles. The predicted octanol–water partition coefficient (Wildman–Crippen LogP) is 4.83. The summed E-state index contributed by atoms with van der Waals surface area (Å²) in [4.78, 5) is 26.3. The molecule has 0 bridgehead atoms. The Morgan fingerprint density at radius 1 is 0.919 bits per heavy atom. The summed E-state index contributed by atoms with van der Waals surface area (Å²) in [6.07, 6.45) is -4.84. The monoisotopic (exact) mass is 533 g/mol. The summed E-state index contributed by atoms with van der Waals surface area (Å²) in [5, 5.41) is 3.64. The molecule has 0 radical (unpaired) electrons. The van der Waals surface area contributed by atoms with Crippen molar-refractivity contribution in [3.63, 3.8) is 0 Å². The SMILES string of the molecule is CC(=O)O[C@@H]1[C@@H](N=[N+]=[N-])[C@H](OP(=O)(OCc2ccccc2)OCc2ccccc2)O[C@H](C)[C@@H]1OC(C)=O. The molecule has 0 N–H and O–H groups in total. The Balaban J connectivity index is 1.89. The van der Waals surface area contributed by atoms with Gasteiger partial charge >= 0.3 is 19.8 Å². The average Bonchev–Trinajstić information content (AvgIpc) is 2.87. The van der Waals surface area contributed by atoms with Gasteiger partial charge in [-0.25, -0.2) is 4.57 Å². The van der Waals surface area contributed by atoms with Gasteiger partial charge in [-0.3, -0.25) is 23.2 Å². The van der Waals surface area contributed by atoms with Gasteiger partial charge in [-0.1, -0.05) is 65.8 Å². The summed E-state index contributed by atoms with van der Waals surface area (Å²) >= 11 is 0. The number of phosphoric acid groups is 1. The van der Waals surface area contributed by atoms with Crippen LogP contribution in [0.5, 0.6) is 0 Å². The van der Waals surface area contributed by atoms with Crippen LogP contribution in [0.2, 0.25) is 0 Å². The molecule has 2 aromatic rings. The maximum atomic E-state index is 13.8. The molecule has 1 fully saturated rings. The maximum Gasteiger partial charge on any atom is 0.477 e. The van der Waals surface area contributed by atoms with E-state index in [1.165, 1.54) is 13.8 Å². The molecule has 1 heterocycles. The minimum absolute atomic E-state index is 0.120. The van der Waals surface area contributed by atoms with Crippen molar-refractivity contribution in [2.24, 2.45) is 5.11 Å². The van der Waals surface area contributed by atoms with Crippen LogP contribution in [0.1, 0.15) is 31.9 Å². The Morgan fingerprint density at radius 3 is 1.86 bits per heavy atom. The smallest absolute Gasteiger partial charge is 0.458 e. The van der Waals surface area contributed by atoms with Crippen LogP contribution in [-0.4, -0.2) is 42.6 Å². The van der Waals surface area contributed by atoms with Gasteiger partial charge in [0.2, 0.25) is 0 Å². The fraction of sp³-hybridized carbons (Fsp3) is 0.417. The standard InChI is InChI=1S/C24H28N3O9P/c1-16-22(34-17(2)28)23(35-18(3)29)21(26-27-25)24(33-16)36-37(30,31-14-19-10-6-4-7-11-19)32-15-20-12-8-5-9-13-20/h4-13,16,21-24H,14-15H2,1-3H3/t16-,21-,22+,23-,24+/m1/s1. The van der Waals surface area contributed by atoms with E-state index in [-0.39, 0.29) is 13.2 Å². The molecule has 12 nitrogen and oxygen atoms in total. The second-order valence-electron chi connectivity index (χ2n) is 8.12. The van der Waals surface area contributed by atoms with E-state index in [4.69, 9.17) is 27.8 Å². The van der Waals surface area contributed by atoms with Crippen LogP contribution < -0.4 is 0 Å². The number of esters is 2. The third-order valence-electron chi connectivity index (χ3n) is 5.24. The number of carbonyl (C=O) groups is 2. The van der Waals surface area contributed by atoms with Crippen LogP contribution in [0.4, 0.5) is 0 Å². The number of benzene rings is 2. The van der Waals surface area contributed by atoms with Gasteiger partial charge in [0.1, 0.15) is 6.04 Å². The first-order valence-electron chi connectivity index (χ1n) is 11.4. The molecule has 13 heteroatoms. The summed E-state index contributed by atoms with van der Waals surface area (Å²) < 4.78 is 47.1. The van der Waals surface area contributed by atoms with Gasteiger partial charge in [-0.2, -0.15) is 0 Å². The molecule has 1 aliphatic rings. The number of rotatable bonds is 11. The molecule has 37 heavy (non-hydrogen) atoms. The van der Waals surface area contributed by atoms with Crippen molar-refractivity contribution >= 4 is 19.8 Å². The van der Waals surface area contributed by atoms with Crippen molar-refractivity contribution in [3.8, 4) is 0 Å². The topological polar surface area (TPSA) is 155 Å². The maximum absolute atomic E-state index is 13.8. The predicted molar refractivity (Wildman–Crippen MR) is 130 cm³/mol. The molecule has 0 amide bonds. The highest BCUT2D eigenvalue weighted by atomic mass is 31.2. The van der Waals surface area contributed by atoms with E-state index in [1.807, 2.05) is 12.1 Å². The largest absolute Gasteiger partial charge is 0.477 e. The van der Waals surface area contributed by atoms with Crippen molar-refractivity contribution in [2.75, 3.05) is 0 Å². The lowest BCUT2D eigenvalue weighted by molar-refractivity contribution is -0.245. The number of carbonyl (C=O) groups excluding carboxylic acids is 2. The van der Waals surface area contributed by atoms with Gasteiger partial charge in [-0.05, 0) is 23.6 Å². The minimum atomic E-state index is -4.37. The number of hydrogen-bond donors (Lipinski definition) is 0. The third-order valence-corrected chi connectivity index (χ3v) is 6.59. The number of ether oxygens (including phenoxy) is 3. The molecule has 0 unspecified atom stereocenters. The molecule has 0 aliphatic carbocycles. The van der Waals surface area contributed by atoms with Gasteiger partial charge in [-0.15, -0.1) is 0 Å². The summed E-state index contributed by atoms with van der Waals surface area (Å²) in [5.41, 5.74) is 10.6. The van der Waals surface area contributed by atoms with E-state index in [0.29, 0.717) is 11.1 Å². The molecule has 0 spiro atoms. The highest BCUT2D eigenvalue weighted by molar-refractivity contribution is 7.48. The zero-order chi connectivity index (χ0) is 26.8. The van der Waals surface area contributed by atoms with Crippen LogP contribution in [0.25, 0.3) is 10.4 Å². The Morgan fingerprint density at radius 2 is 1.41 bits per heavy atom. The first kappa shape index (κ1) is 28.3. The molecule has 0 saturated carbocycles. The quantitative estimate of drug-likeness (QED) is 0.130. The molecule has 3 rings (SSSR count). The number of azide groups is 1. The zero-order valence-electron chi connectivity index (χ0n) is 20.5. The lowest BCUT2D eigenvalue weighted by Crippen LogP contribution is -2.59. The average molecular weight is 533 g/mol. The van der Waals surface area contributed by atoms with Gasteiger partial charge in [0.05, 0.1) is 19.3 Å². The van der Waals surface area contributed by atoms with Crippen LogP contribution in [0, 0.1) is 0 Å². The summed E-state index contributed by atoms with van der Waals surface area (Å²) in [6.45, 7) is 3.61. The van der Waals surface area contributed by atoms with E-state index in [9.17, 15) is 19.7 Å². The second kappa shape index (κ2) is 13.3. The zero-order valence-corrected chi connectivity index (χ0v) is 21.4. The first-order valence-corrected chi connectivity index (χ1v) is 12.9. The molecule has 5 atom stereocenters. The van der Waals surface area contributed by atoms with Crippen LogP contribution in [0.3, 0.4) is 0 Å². The van der Waals surface area contributed by atoms with Crippen molar-refractivity contribution in [1.82, 2.24) is 0 Å². The highest BCUT2D eigenvalue weighted by Crippen LogP contribution is 2.53. The summed E-state index contributed by atoms with van der Waals surface area (Å²) in [6, 6.07) is 16.5. The second-order valence-corrected chi connectivity index (χ2v) is 9.75. The normalized spacial score (nSPS) is 23.5. The third kappa shape index (κ3) is 8.40. The van der Waals surface area contributed by atoms with E-state index in [2.05, 4.69) is 10.0 Å². The fourth-order valence-electron chi connectivity index (χ4n) is 3.62. The van der Waals surface area contributed by atoms with E-state index >= 15 is 0 Å². The van der Waals surface area contributed by atoms with E-state index < -0.39 is 50.4 Å². The van der Waals surface area contributed by atoms with E-state index in [1.54, 1.807) is 48.5 Å². The van der Waals surface area contributed by atoms with Crippen molar-refractivity contribution in [2.45, 2.75) is 64.6 Å². The fourth-order valence-corrected chi connectivity index (χ4v) is 4.86. The number of phosphoric ester groups is 1. The van der Waals surface area contributed by atoms with Crippen molar-refractivity contribution in [1.29, 1.82) is 0 Å². The van der Waals surface area contributed by atoms with Crippen molar-refractivity contribution in [3.05, 3.63) is 82.2 Å². The van der Waals surface area contributed by atoms with Crippen LogP contribution in [0.15, 0.2) is 65.8 Å². The van der Waals surface area contributed by atoms with Gasteiger partial charge in [0.15, 0.2) is 18.5 Å². The Labute approximate surface area is 214 Å². The lowest BCUT2D eigenvalue weighted by Gasteiger charge is -2.42. The molecular weight excluding hydrogens is 505 g/mol. The van der Waals surface area contributed by atoms with Gasteiger partial charge < -0.3 is 14.2 Å². The summed E-state index contributed by atoms with van der Waals surface area (Å²) in [5.74, 6) is -1.39. The Hall–Kier alpha value is -3.24. The molecule has 198 valence electrons. The van der Waals surface area contributed by atoms with E-state index in [0.717, 1.165) is 6.92 Å². The lowest BCUT2D eigenvalue weighted by atomic mass is 9.97. The molecule has 1 saturated heterocycles. The first-order chi connectivity index (χ1) is 17.7. The number of hydrogen-bond acceptors (Lipinski definition) is 10. The minimum Gasteiger partial charge on any atom is -0.458 e. The molecular formula is C24H28N3O9P. The van der Waals surface area contributed by atoms with Crippen molar-refractivity contribution < 1.29 is 41.9 Å². The van der Waals surface area contributed by atoms with Crippen LogP contribution >= 0.6 is 7.82 Å². The Bertz CT molecular complexity index is 1100.